The second kappa shape index (κ2) is 40.3. The SMILES string of the molecule is CO[Si](CCCCCCCCCCCCCCCCCCCCCCCCCCCCCCCCCCCCCCCC(=O)O)(OC)OC. The predicted octanol–water partition coefficient (Wildman–Crippen LogP) is 14.8. The summed E-state index contributed by atoms with van der Waals surface area (Å²) in [5.74, 6) is -0.650. The number of rotatable bonds is 43. The Labute approximate surface area is 308 Å². The summed E-state index contributed by atoms with van der Waals surface area (Å²) in [4.78, 5) is 10.5. The Bertz CT molecular complexity index is 633. The van der Waals surface area contributed by atoms with Crippen molar-refractivity contribution in [3.8, 4) is 0 Å². The lowest BCUT2D eigenvalue weighted by molar-refractivity contribution is -0.137. The first kappa shape index (κ1) is 48.6. The van der Waals surface area contributed by atoms with Gasteiger partial charge in [0.1, 0.15) is 0 Å². The van der Waals surface area contributed by atoms with Crippen molar-refractivity contribution >= 4 is 14.8 Å². The zero-order valence-electron chi connectivity index (χ0n) is 33.7. The van der Waals surface area contributed by atoms with Crippen LogP contribution in [-0.4, -0.2) is 41.2 Å². The van der Waals surface area contributed by atoms with Crippen LogP contribution in [0.15, 0.2) is 0 Å². The van der Waals surface area contributed by atoms with E-state index >= 15 is 0 Å². The highest BCUT2D eigenvalue weighted by molar-refractivity contribution is 6.60. The first-order valence-electron chi connectivity index (χ1n) is 22.0. The zero-order chi connectivity index (χ0) is 35.8. The molecule has 0 spiro atoms. The molecule has 1 N–H and O–H groups in total. The maximum absolute atomic E-state index is 10.5. The molecule has 0 aliphatic rings. The van der Waals surface area contributed by atoms with Crippen LogP contribution in [0.25, 0.3) is 0 Å². The van der Waals surface area contributed by atoms with Crippen LogP contribution in [-0.2, 0) is 18.1 Å². The molecule has 0 aliphatic heterocycles. The van der Waals surface area contributed by atoms with Gasteiger partial charge >= 0.3 is 14.8 Å². The van der Waals surface area contributed by atoms with Crippen molar-refractivity contribution < 1.29 is 23.2 Å². The van der Waals surface area contributed by atoms with Crippen LogP contribution >= 0.6 is 0 Å². The highest BCUT2D eigenvalue weighted by Gasteiger charge is 2.36. The van der Waals surface area contributed by atoms with E-state index in [0.29, 0.717) is 6.42 Å². The first-order chi connectivity index (χ1) is 24.1. The lowest BCUT2D eigenvalue weighted by Gasteiger charge is -2.24. The molecule has 0 unspecified atom stereocenters. The molecule has 6 heteroatoms. The Morgan fingerprint density at radius 3 is 0.653 bits per heavy atom. The summed E-state index contributed by atoms with van der Waals surface area (Å²) in [6.07, 6.45) is 51.6. The van der Waals surface area contributed by atoms with Crippen molar-refractivity contribution in [1.82, 2.24) is 0 Å². The van der Waals surface area contributed by atoms with Crippen LogP contribution in [0.4, 0.5) is 0 Å². The number of unbranched alkanes of at least 4 members (excludes halogenated alkanes) is 36. The molecule has 0 aliphatic carbocycles. The molecule has 0 saturated carbocycles. The second-order valence-electron chi connectivity index (χ2n) is 15.3. The van der Waals surface area contributed by atoms with E-state index in [1.165, 1.54) is 218 Å². The topological polar surface area (TPSA) is 65.0 Å². The predicted molar refractivity (Wildman–Crippen MR) is 215 cm³/mol. The molecule has 294 valence electrons. The van der Waals surface area contributed by atoms with Gasteiger partial charge in [0.25, 0.3) is 0 Å². The van der Waals surface area contributed by atoms with Crippen molar-refractivity contribution in [3.05, 3.63) is 0 Å². The molecule has 0 amide bonds. The van der Waals surface area contributed by atoms with Crippen LogP contribution in [0.3, 0.4) is 0 Å². The normalized spacial score (nSPS) is 11.9. The fraction of sp³-hybridized carbons (Fsp3) is 0.977. The van der Waals surface area contributed by atoms with E-state index in [9.17, 15) is 4.79 Å². The minimum Gasteiger partial charge on any atom is -0.481 e. The van der Waals surface area contributed by atoms with Crippen LogP contribution in [0.5, 0.6) is 0 Å². The third kappa shape index (κ3) is 37.1. The van der Waals surface area contributed by atoms with E-state index in [1.54, 1.807) is 21.3 Å². The van der Waals surface area contributed by atoms with Gasteiger partial charge in [-0.2, -0.15) is 0 Å². The molecule has 49 heavy (non-hydrogen) atoms. The Kier molecular flexibility index (Phi) is 40.0. The maximum atomic E-state index is 10.5. The van der Waals surface area contributed by atoms with Crippen LogP contribution in [0, 0.1) is 0 Å². The quantitative estimate of drug-likeness (QED) is 0.0503. The second-order valence-corrected chi connectivity index (χ2v) is 18.4. The van der Waals surface area contributed by atoms with Gasteiger partial charge in [-0.15, -0.1) is 0 Å². The molecule has 0 bridgehead atoms. The average molecular weight is 713 g/mol. The third-order valence-electron chi connectivity index (χ3n) is 10.8. The van der Waals surface area contributed by atoms with Crippen molar-refractivity contribution in [1.29, 1.82) is 0 Å². The van der Waals surface area contributed by atoms with Gasteiger partial charge in [-0.25, -0.2) is 0 Å². The summed E-state index contributed by atoms with van der Waals surface area (Å²) in [5, 5.41) is 8.65. The number of hydrogen-bond donors (Lipinski definition) is 1. The molecular weight excluding hydrogens is 625 g/mol. The Hall–Kier alpha value is -0.433. The summed E-state index contributed by atoms with van der Waals surface area (Å²) < 4.78 is 16.5. The lowest BCUT2D eigenvalue weighted by atomic mass is 10.0. The minimum absolute atomic E-state index is 0.343. The highest BCUT2D eigenvalue weighted by atomic mass is 28.4. The Balaban J connectivity index is 3.12. The first-order valence-corrected chi connectivity index (χ1v) is 23.9. The van der Waals surface area contributed by atoms with E-state index < -0.39 is 14.8 Å². The fourth-order valence-electron chi connectivity index (χ4n) is 7.36. The zero-order valence-corrected chi connectivity index (χ0v) is 34.7. The van der Waals surface area contributed by atoms with E-state index in [4.69, 9.17) is 18.4 Å². The molecule has 0 atom stereocenters. The fourth-order valence-corrected chi connectivity index (χ4v) is 9.16. The molecule has 0 fully saturated rings. The molecule has 0 aromatic rings. The van der Waals surface area contributed by atoms with Gasteiger partial charge in [0.15, 0.2) is 0 Å². The van der Waals surface area contributed by atoms with Gasteiger partial charge in [0, 0.05) is 33.8 Å². The smallest absolute Gasteiger partial charge is 0.481 e. The monoisotopic (exact) mass is 713 g/mol. The molecular formula is C43H88O5Si. The number of hydrogen-bond acceptors (Lipinski definition) is 4. The molecule has 0 heterocycles. The van der Waals surface area contributed by atoms with E-state index in [2.05, 4.69) is 0 Å². The van der Waals surface area contributed by atoms with Gasteiger partial charge in [0.05, 0.1) is 0 Å². The Morgan fingerprint density at radius 1 is 0.327 bits per heavy atom. The maximum Gasteiger partial charge on any atom is 0.500 e. The van der Waals surface area contributed by atoms with Crippen LogP contribution in [0.1, 0.15) is 244 Å². The van der Waals surface area contributed by atoms with Gasteiger partial charge in [-0.3, -0.25) is 4.79 Å². The van der Waals surface area contributed by atoms with Crippen molar-refractivity contribution in [2.45, 2.75) is 250 Å². The van der Waals surface area contributed by atoms with E-state index in [-0.39, 0.29) is 0 Å². The van der Waals surface area contributed by atoms with Gasteiger partial charge in [-0.05, 0) is 12.8 Å². The Morgan fingerprint density at radius 2 is 0.490 bits per heavy atom. The van der Waals surface area contributed by atoms with Crippen molar-refractivity contribution in [3.63, 3.8) is 0 Å². The third-order valence-corrected chi connectivity index (χ3v) is 13.6. The number of aliphatic carboxylic acids is 1. The number of carbonyl (C=O) groups is 1. The van der Waals surface area contributed by atoms with Crippen LogP contribution < -0.4 is 0 Å². The van der Waals surface area contributed by atoms with Crippen molar-refractivity contribution in [2.75, 3.05) is 21.3 Å². The molecule has 0 aromatic carbocycles. The molecule has 0 radical (unpaired) electrons. The largest absolute Gasteiger partial charge is 0.500 e. The summed E-state index contributed by atoms with van der Waals surface area (Å²) >= 11 is 0. The summed E-state index contributed by atoms with van der Waals surface area (Å²) in [6, 6.07) is 0.935. The van der Waals surface area contributed by atoms with Gasteiger partial charge in [-0.1, -0.05) is 225 Å². The van der Waals surface area contributed by atoms with Crippen LogP contribution in [0.2, 0.25) is 6.04 Å². The summed E-state index contributed by atoms with van der Waals surface area (Å²) in [5.41, 5.74) is 0. The number of carboxylic acids is 1. The standard InChI is InChI=1S/C43H88O5Si/c1-46-49(47-2,48-3)42-40-38-36-34-32-30-28-26-24-22-20-18-16-14-12-10-8-6-4-5-7-9-11-13-15-17-19-21-23-25-27-29-31-33-35-37-39-41-43(44)45/h4-42H2,1-3H3,(H,44,45). The van der Waals surface area contributed by atoms with Gasteiger partial charge < -0.3 is 18.4 Å². The van der Waals surface area contributed by atoms with E-state index in [0.717, 1.165) is 25.3 Å². The average Bonchev–Trinajstić information content (AvgIpc) is 3.11. The molecule has 0 aromatic heterocycles. The summed E-state index contributed by atoms with van der Waals surface area (Å²) in [7, 11) is 2.77. The molecule has 5 nitrogen and oxygen atoms in total. The highest BCUT2D eigenvalue weighted by Crippen LogP contribution is 2.20. The minimum atomic E-state index is -2.35. The summed E-state index contributed by atoms with van der Waals surface area (Å²) in [6.45, 7) is 0. The molecule has 0 saturated heterocycles. The van der Waals surface area contributed by atoms with Crippen molar-refractivity contribution in [2.24, 2.45) is 0 Å². The molecule has 0 rings (SSSR count). The lowest BCUT2D eigenvalue weighted by Crippen LogP contribution is -2.42. The van der Waals surface area contributed by atoms with E-state index in [1.807, 2.05) is 0 Å². The number of carboxylic acid groups (broad SMARTS) is 1. The van der Waals surface area contributed by atoms with Gasteiger partial charge in [0.2, 0.25) is 0 Å².